The van der Waals surface area contributed by atoms with Crippen molar-refractivity contribution in [2.75, 3.05) is 64.3 Å². The van der Waals surface area contributed by atoms with Crippen LogP contribution in [0.15, 0.2) is 36.4 Å². The number of ether oxygens (including phenoxy) is 3. The zero-order chi connectivity index (χ0) is 22.4. The van der Waals surface area contributed by atoms with E-state index >= 15 is 0 Å². The molecule has 0 aromatic heterocycles. The second kappa shape index (κ2) is 10.2. The molecule has 0 unspecified atom stereocenters. The molecule has 0 atom stereocenters. The van der Waals surface area contributed by atoms with Crippen molar-refractivity contribution in [1.29, 1.82) is 0 Å². The first kappa shape index (κ1) is 22.4. The summed E-state index contributed by atoms with van der Waals surface area (Å²) in [5, 5.41) is 2.91. The van der Waals surface area contributed by atoms with Crippen LogP contribution in [-0.4, -0.2) is 70.6 Å². The molecule has 1 fully saturated rings. The molecule has 8 heteroatoms. The Morgan fingerprint density at radius 2 is 1.48 bits per heavy atom. The smallest absolute Gasteiger partial charge is 0.238 e. The summed E-state index contributed by atoms with van der Waals surface area (Å²) in [7, 11) is 4.61. The number of nitrogens with zero attached hydrogens (tertiary/aromatic N) is 2. The molecule has 1 amide bonds. The Labute approximate surface area is 182 Å². The van der Waals surface area contributed by atoms with Crippen LogP contribution in [0.3, 0.4) is 0 Å². The second-order valence-electron chi connectivity index (χ2n) is 7.33. The summed E-state index contributed by atoms with van der Waals surface area (Å²) in [4.78, 5) is 28.4. The SMILES string of the molecule is COc1cc(NC(=O)CN2CCN(c3ccc(C(C)=O)cc3)CC2)cc(OC)c1OC. The minimum atomic E-state index is -0.103. The van der Waals surface area contributed by atoms with Crippen LogP contribution >= 0.6 is 0 Å². The van der Waals surface area contributed by atoms with Crippen molar-refractivity contribution in [3.05, 3.63) is 42.0 Å². The fraction of sp³-hybridized carbons (Fsp3) is 0.391. The molecule has 1 saturated heterocycles. The Balaban J connectivity index is 1.55. The molecule has 0 radical (unpaired) electrons. The highest BCUT2D eigenvalue weighted by atomic mass is 16.5. The maximum Gasteiger partial charge on any atom is 0.238 e. The van der Waals surface area contributed by atoms with Crippen molar-refractivity contribution in [3.8, 4) is 17.2 Å². The number of carbonyl (C=O) groups excluding carboxylic acids is 2. The van der Waals surface area contributed by atoms with Gasteiger partial charge in [0.05, 0.1) is 27.9 Å². The van der Waals surface area contributed by atoms with Crippen molar-refractivity contribution >= 4 is 23.1 Å². The minimum absolute atomic E-state index is 0.0643. The Bertz CT molecular complexity index is 896. The zero-order valence-corrected chi connectivity index (χ0v) is 18.4. The van der Waals surface area contributed by atoms with Crippen LogP contribution in [0.2, 0.25) is 0 Å². The van der Waals surface area contributed by atoms with Gasteiger partial charge in [-0.25, -0.2) is 0 Å². The van der Waals surface area contributed by atoms with Crippen molar-refractivity contribution in [2.24, 2.45) is 0 Å². The lowest BCUT2D eigenvalue weighted by Crippen LogP contribution is -2.48. The number of methoxy groups -OCH3 is 3. The number of hydrogen-bond donors (Lipinski definition) is 1. The summed E-state index contributed by atoms with van der Waals surface area (Å²) in [5.41, 5.74) is 2.39. The lowest BCUT2D eigenvalue weighted by atomic mass is 10.1. The van der Waals surface area contributed by atoms with E-state index in [0.29, 0.717) is 35.0 Å². The van der Waals surface area contributed by atoms with Crippen LogP contribution in [-0.2, 0) is 4.79 Å². The summed E-state index contributed by atoms with van der Waals surface area (Å²) >= 11 is 0. The molecule has 166 valence electrons. The fourth-order valence-electron chi connectivity index (χ4n) is 3.63. The minimum Gasteiger partial charge on any atom is -0.493 e. The summed E-state index contributed by atoms with van der Waals surface area (Å²) in [6, 6.07) is 11.1. The van der Waals surface area contributed by atoms with Gasteiger partial charge in [-0.05, 0) is 31.2 Å². The van der Waals surface area contributed by atoms with Gasteiger partial charge in [-0.3, -0.25) is 14.5 Å². The third-order valence-corrected chi connectivity index (χ3v) is 5.33. The molecule has 1 N–H and O–H groups in total. The number of anilines is 2. The quantitative estimate of drug-likeness (QED) is 0.649. The van der Waals surface area contributed by atoms with Gasteiger partial charge in [0.25, 0.3) is 0 Å². The Morgan fingerprint density at radius 1 is 0.903 bits per heavy atom. The molecule has 1 aliphatic heterocycles. The monoisotopic (exact) mass is 427 g/mol. The number of hydrogen-bond acceptors (Lipinski definition) is 7. The molecule has 2 aromatic carbocycles. The highest BCUT2D eigenvalue weighted by Crippen LogP contribution is 2.39. The summed E-state index contributed by atoms with van der Waals surface area (Å²) < 4.78 is 16.0. The molecule has 2 aromatic rings. The van der Waals surface area contributed by atoms with Crippen LogP contribution < -0.4 is 24.4 Å². The predicted octanol–water partition coefficient (Wildman–Crippen LogP) is 2.68. The van der Waals surface area contributed by atoms with Crippen molar-refractivity contribution < 1.29 is 23.8 Å². The number of ketones is 1. The van der Waals surface area contributed by atoms with Crippen LogP contribution in [0, 0.1) is 0 Å². The fourth-order valence-corrected chi connectivity index (χ4v) is 3.63. The number of benzene rings is 2. The average Bonchev–Trinajstić information content (AvgIpc) is 2.78. The van der Waals surface area contributed by atoms with Gasteiger partial charge in [-0.2, -0.15) is 0 Å². The largest absolute Gasteiger partial charge is 0.493 e. The maximum absolute atomic E-state index is 12.6. The van der Waals surface area contributed by atoms with E-state index in [4.69, 9.17) is 14.2 Å². The van der Waals surface area contributed by atoms with Crippen LogP contribution in [0.1, 0.15) is 17.3 Å². The topological polar surface area (TPSA) is 80.3 Å². The summed E-state index contributed by atoms with van der Waals surface area (Å²) in [5.74, 6) is 1.42. The molecule has 1 heterocycles. The first-order chi connectivity index (χ1) is 14.9. The Kier molecular flexibility index (Phi) is 7.36. The van der Waals surface area contributed by atoms with Gasteiger partial charge in [0.1, 0.15) is 0 Å². The number of carbonyl (C=O) groups is 2. The molecule has 1 aliphatic rings. The number of amides is 1. The van der Waals surface area contributed by atoms with Crippen molar-refractivity contribution in [1.82, 2.24) is 4.90 Å². The first-order valence-electron chi connectivity index (χ1n) is 10.1. The molecule has 31 heavy (non-hydrogen) atoms. The molecule has 0 spiro atoms. The van der Waals surface area contributed by atoms with E-state index in [1.807, 2.05) is 24.3 Å². The first-order valence-corrected chi connectivity index (χ1v) is 10.1. The second-order valence-corrected chi connectivity index (χ2v) is 7.33. The van der Waals surface area contributed by atoms with Gasteiger partial charge < -0.3 is 24.4 Å². The van der Waals surface area contributed by atoms with E-state index in [1.54, 1.807) is 19.1 Å². The van der Waals surface area contributed by atoms with Gasteiger partial charge >= 0.3 is 0 Å². The number of Topliss-reactive ketones (excluding diaryl/α,β-unsaturated/α-hetero) is 1. The number of rotatable bonds is 8. The normalized spacial score (nSPS) is 14.1. The third-order valence-electron chi connectivity index (χ3n) is 5.33. The summed E-state index contributed by atoms with van der Waals surface area (Å²) in [6.07, 6.45) is 0. The van der Waals surface area contributed by atoms with E-state index < -0.39 is 0 Å². The highest BCUT2D eigenvalue weighted by molar-refractivity contribution is 5.94. The Morgan fingerprint density at radius 3 is 1.97 bits per heavy atom. The molecular formula is C23H29N3O5. The van der Waals surface area contributed by atoms with Crippen LogP contribution in [0.4, 0.5) is 11.4 Å². The molecular weight excluding hydrogens is 398 g/mol. The molecule has 8 nitrogen and oxygen atoms in total. The number of piperazine rings is 1. The van der Waals surface area contributed by atoms with Gasteiger partial charge in [0.15, 0.2) is 17.3 Å². The van der Waals surface area contributed by atoms with Gasteiger partial charge in [0.2, 0.25) is 11.7 Å². The van der Waals surface area contributed by atoms with Crippen molar-refractivity contribution in [2.45, 2.75) is 6.92 Å². The molecule has 0 aliphatic carbocycles. The van der Waals surface area contributed by atoms with Crippen LogP contribution in [0.25, 0.3) is 0 Å². The summed E-state index contributed by atoms with van der Waals surface area (Å²) in [6.45, 7) is 5.05. The van der Waals surface area contributed by atoms with E-state index in [9.17, 15) is 9.59 Å². The van der Waals surface area contributed by atoms with E-state index in [2.05, 4.69) is 15.1 Å². The lowest BCUT2D eigenvalue weighted by Gasteiger charge is -2.35. The van der Waals surface area contributed by atoms with Crippen LogP contribution in [0.5, 0.6) is 17.2 Å². The molecule has 0 bridgehead atoms. The van der Waals surface area contributed by atoms with Gasteiger partial charge in [0, 0.05) is 55.2 Å². The average molecular weight is 428 g/mol. The van der Waals surface area contributed by atoms with Gasteiger partial charge in [-0.1, -0.05) is 0 Å². The van der Waals surface area contributed by atoms with Crippen molar-refractivity contribution in [3.63, 3.8) is 0 Å². The molecule has 0 saturated carbocycles. The van der Waals surface area contributed by atoms with Gasteiger partial charge in [-0.15, -0.1) is 0 Å². The standard InChI is InChI=1S/C23H29N3O5/c1-16(27)17-5-7-19(8-6-17)26-11-9-25(10-12-26)15-22(28)24-18-13-20(29-2)23(31-4)21(14-18)30-3/h5-8,13-14H,9-12,15H2,1-4H3,(H,24,28). The number of nitrogens with one attached hydrogen (secondary N) is 1. The third kappa shape index (κ3) is 5.46. The highest BCUT2D eigenvalue weighted by Gasteiger charge is 2.20. The molecule has 3 rings (SSSR count). The maximum atomic E-state index is 12.6. The Hall–Kier alpha value is -3.26. The van der Waals surface area contributed by atoms with E-state index in [-0.39, 0.29) is 11.7 Å². The zero-order valence-electron chi connectivity index (χ0n) is 18.4. The predicted molar refractivity (Wildman–Crippen MR) is 120 cm³/mol. The van der Waals surface area contributed by atoms with E-state index in [1.165, 1.54) is 21.3 Å². The lowest BCUT2D eigenvalue weighted by molar-refractivity contribution is -0.117. The van der Waals surface area contributed by atoms with E-state index in [0.717, 1.165) is 31.9 Å².